The summed E-state index contributed by atoms with van der Waals surface area (Å²) in [5, 5.41) is 2.85. The maximum absolute atomic E-state index is 2.31. The Labute approximate surface area is 91.9 Å². The van der Waals surface area contributed by atoms with Gasteiger partial charge in [0.15, 0.2) is 0 Å². The molecule has 0 aliphatic carbocycles. The van der Waals surface area contributed by atoms with Crippen LogP contribution in [0.15, 0.2) is 30.3 Å². The van der Waals surface area contributed by atoms with Crippen molar-refractivity contribution in [3.05, 3.63) is 47.0 Å². The molecule has 0 fully saturated rings. The van der Waals surface area contributed by atoms with Crippen molar-refractivity contribution in [3.63, 3.8) is 0 Å². The van der Waals surface area contributed by atoms with Crippen LogP contribution in [0.5, 0.6) is 0 Å². The third-order valence-electron chi connectivity index (χ3n) is 3.00. The fourth-order valence-corrected chi connectivity index (χ4v) is 2.16. The minimum Gasteiger partial charge on any atom is -0.0651 e. The highest BCUT2D eigenvalue weighted by molar-refractivity contribution is 5.89. The van der Waals surface area contributed by atoms with Crippen LogP contribution in [0.25, 0.3) is 10.8 Å². The second kappa shape index (κ2) is 4.06. The largest absolute Gasteiger partial charge is 0.0651 e. The van der Waals surface area contributed by atoms with Gasteiger partial charge in [-0.25, -0.2) is 0 Å². The fraction of sp³-hybridized carbons (Fsp3) is 0.333. The summed E-state index contributed by atoms with van der Waals surface area (Å²) in [5.74, 6) is 0. The molecule has 2 rings (SSSR count). The molecule has 0 saturated carbocycles. The van der Waals surface area contributed by atoms with Gasteiger partial charge in [-0.2, -0.15) is 0 Å². The van der Waals surface area contributed by atoms with E-state index in [9.17, 15) is 0 Å². The van der Waals surface area contributed by atoms with Crippen molar-refractivity contribution in [3.8, 4) is 0 Å². The molecule has 0 heterocycles. The molecule has 0 saturated heterocycles. The molecule has 0 atom stereocenters. The summed E-state index contributed by atoms with van der Waals surface area (Å²) in [4.78, 5) is 0. The van der Waals surface area contributed by atoms with E-state index in [-0.39, 0.29) is 0 Å². The molecule has 0 bridgehead atoms. The normalized spacial score (nSPS) is 10.9. The quantitative estimate of drug-likeness (QED) is 0.670. The van der Waals surface area contributed by atoms with Crippen LogP contribution >= 0.6 is 0 Å². The van der Waals surface area contributed by atoms with Crippen molar-refractivity contribution in [2.75, 3.05) is 0 Å². The number of hydrogen-bond acceptors (Lipinski definition) is 0. The summed E-state index contributed by atoms with van der Waals surface area (Å²) in [6, 6.07) is 11.3. The molecule has 2 aromatic carbocycles. The highest BCUT2D eigenvalue weighted by Crippen LogP contribution is 2.24. The number of fused-ring (bicyclic) bond motifs is 1. The SMILES string of the molecule is CCCc1ccc(C)c2ccc(C)cc12. The Morgan fingerprint density at radius 3 is 2.47 bits per heavy atom. The van der Waals surface area contributed by atoms with Crippen LogP contribution in [-0.2, 0) is 6.42 Å². The predicted molar refractivity (Wildman–Crippen MR) is 67.4 cm³/mol. The minimum absolute atomic E-state index is 1.18. The highest BCUT2D eigenvalue weighted by atomic mass is 14.1. The minimum atomic E-state index is 1.18. The molecule has 0 N–H and O–H groups in total. The lowest BCUT2D eigenvalue weighted by Crippen LogP contribution is -1.89. The summed E-state index contributed by atoms with van der Waals surface area (Å²) >= 11 is 0. The first-order valence-corrected chi connectivity index (χ1v) is 5.71. The third-order valence-corrected chi connectivity index (χ3v) is 3.00. The van der Waals surface area contributed by atoms with Crippen LogP contribution in [0, 0.1) is 13.8 Å². The summed E-state index contributed by atoms with van der Waals surface area (Å²) < 4.78 is 0. The van der Waals surface area contributed by atoms with Gasteiger partial charge < -0.3 is 0 Å². The van der Waals surface area contributed by atoms with Crippen LogP contribution in [0.1, 0.15) is 30.0 Å². The Hall–Kier alpha value is -1.30. The number of hydrogen-bond donors (Lipinski definition) is 0. The van der Waals surface area contributed by atoms with Crippen molar-refractivity contribution in [2.45, 2.75) is 33.6 Å². The van der Waals surface area contributed by atoms with E-state index >= 15 is 0 Å². The molecular weight excluding hydrogens is 180 g/mol. The molecular formula is C15H18. The summed E-state index contributed by atoms with van der Waals surface area (Å²) in [7, 11) is 0. The Morgan fingerprint density at radius 1 is 0.933 bits per heavy atom. The van der Waals surface area contributed by atoms with E-state index < -0.39 is 0 Å². The van der Waals surface area contributed by atoms with Crippen molar-refractivity contribution < 1.29 is 0 Å². The van der Waals surface area contributed by atoms with Crippen LogP contribution in [0.4, 0.5) is 0 Å². The second-order valence-corrected chi connectivity index (χ2v) is 4.34. The Morgan fingerprint density at radius 2 is 1.73 bits per heavy atom. The molecule has 0 spiro atoms. The third kappa shape index (κ3) is 1.90. The average molecular weight is 198 g/mol. The first-order chi connectivity index (χ1) is 7.22. The van der Waals surface area contributed by atoms with E-state index in [4.69, 9.17) is 0 Å². The Kier molecular flexibility index (Phi) is 2.77. The van der Waals surface area contributed by atoms with Gasteiger partial charge in [0, 0.05) is 0 Å². The zero-order valence-electron chi connectivity index (χ0n) is 9.80. The summed E-state index contributed by atoms with van der Waals surface area (Å²) in [6.07, 6.45) is 2.40. The zero-order chi connectivity index (χ0) is 10.8. The number of rotatable bonds is 2. The van der Waals surface area contributed by atoms with Crippen LogP contribution in [0.3, 0.4) is 0 Å². The maximum Gasteiger partial charge on any atom is -0.0147 e. The molecule has 15 heavy (non-hydrogen) atoms. The van der Waals surface area contributed by atoms with E-state index in [1.807, 2.05) is 0 Å². The Balaban J connectivity index is 2.72. The van der Waals surface area contributed by atoms with Crippen LogP contribution in [0.2, 0.25) is 0 Å². The molecule has 0 amide bonds. The molecule has 0 unspecified atom stereocenters. The van der Waals surface area contributed by atoms with Crippen molar-refractivity contribution in [1.29, 1.82) is 0 Å². The molecule has 78 valence electrons. The van der Waals surface area contributed by atoms with Gasteiger partial charge in [-0.15, -0.1) is 0 Å². The average Bonchev–Trinajstić information content (AvgIpc) is 2.22. The molecule has 0 heteroatoms. The molecule has 2 aromatic rings. The number of benzene rings is 2. The standard InChI is InChI=1S/C15H18/c1-4-5-13-8-7-12(3)14-9-6-11(2)10-15(13)14/h6-10H,4-5H2,1-3H3. The zero-order valence-corrected chi connectivity index (χ0v) is 9.80. The number of aryl methyl sites for hydroxylation is 3. The van der Waals surface area contributed by atoms with Crippen molar-refractivity contribution >= 4 is 10.8 Å². The van der Waals surface area contributed by atoms with Crippen molar-refractivity contribution in [2.24, 2.45) is 0 Å². The predicted octanol–water partition coefficient (Wildman–Crippen LogP) is 4.41. The lowest BCUT2D eigenvalue weighted by Gasteiger charge is -2.09. The van der Waals surface area contributed by atoms with Crippen molar-refractivity contribution in [1.82, 2.24) is 0 Å². The smallest absolute Gasteiger partial charge is 0.0147 e. The monoisotopic (exact) mass is 198 g/mol. The lowest BCUT2D eigenvalue weighted by atomic mass is 9.96. The van der Waals surface area contributed by atoms with Gasteiger partial charge in [-0.1, -0.05) is 49.2 Å². The van der Waals surface area contributed by atoms with Crippen LogP contribution < -0.4 is 0 Å². The van der Waals surface area contributed by atoms with Gasteiger partial charge in [-0.05, 0) is 42.2 Å². The first-order valence-electron chi connectivity index (χ1n) is 5.71. The molecule has 0 nitrogen and oxygen atoms in total. The van der Waals surface area contributed by atoms with E-state index in [0.29, 0.717) is 0 Å². The van der Waals surface area contributed by atoms with E-state index in [1.165, 1.54) is 40.3 Å². The van der Waals surface area contributed by atoms with Crippen LogP contribution in [-0.4, -0.2) is 0 Å². The maximum atomic E-state index is 2.31. The molecule has 0 aliphatic rings. The molecule has 0 aromatic heterocycles. The summed E-state index contributed by atoms with van der Waals surface area (Å²) in [6.45, 7) is 6.59. The van der Waals surface area contributed by atoms with Gasteiger partial charge in [-0.3, -0.25) is 0 Å². The molecule has 0 aliphatic heterocycles. The van der Waals surface area contributed by atoms with E-state index in [0.717, 1.165) is 0 Å². The van der Waals surface area contributed by atoms with Gasteiger partial charge in [0.2, 0.25) is 0 Å². The highest BCUT2D eigenvalue weighted by Gasteiger charge is 2.02. The first kappa shape index (κ1) is 10.2. The van der Waals surface area contributed by atoms with Gasteiger partial charge in [0.1, 0.15) is 0 Å². The van der Waals surface area contributed by atoms with Gasteiger partial charge in [0.05, 0.1) is 0 Å². The Bertz CT molecular complexity index is 481. The topological polar surface area (TPSA) is 0 Å². The van der Waals surface area contributed by atoms with Gasteiger partial charge >= 0.3 is 0 Å². The second-order valence-electron chi connectivity index (χ2n) is 4.34. The van der Waals surface area contributed by atoms with E-state index in [1.54, 1.807) is 0 Å². The fourth-order valence-electron chi connectivity index (χ4n) is 2.16. The summed E-state index contributed by atoms with van der Waals surface area (Å²) in [5.41, 5.74) is 4.22. The van der Waals surface area contributed by atoms with E-state index in [2.05, 4.69) is 51.1 Å². The van der Waals surface area contributed by atoms with Gasteiger partial charge in [0.25, 0.3) is 0 Å². The molecule has 0 radical (unpaired) electrons. The lowest BCUT2D eigenvalue weighted by molar-refractivity contribution is 0.929.